The molecule has 0 aliphatic heterocycles. The normalized spacial score (nSPS) is 11.2. The van der Waals surface area contributed by atoms with Gasteiger partial charge in [0.1, 0.15) is 0 Å². The maximum absolute atomic E-state index is 12.1. The summed E-state index contributed by atoms with van der Waals surface area (Å²) in [6.45, 7) is -0.457. The third-order valence-corrected chi connectivity index (χ3v) is 2.71. The Balaban J connectivity index is 2.32. The minimum absolute atomic E-state index is 0.234. The summed E-state index contributed by atoms with van der Waals surface area (Å²) in [6, 6.07) is 8.16. The minimum atomic E-state index is -4.21. The number of hydrogen-bond donors (Lipinski definition) is 1. The van der Waals surface area contributed by atoms with Crippen molar-refractivity contribution in [3.8, 4) is 6.07 Å². The molecule has 1 rings (SSSR count). The van der Waals surface area contributed by atoms with Crippen LogP contribution in [-0.4, -0.2) is 43.7 Å². The first kappa shape index (κ1) is 17.0. The first-order chi connectivity index (χ1) is 9.81. The topological polar surface area (TPSA) is 56.1 Å². The molecule has 0 radical (unpaired) electrons. The van der Waals surface area contributed by atoms with E-state index in [9.17, 15) is 18.0 Å². The Morgan fingerprint density at radius 1 is 1.43 bits per heavy atom. The van der Waals surface area contributed by atoms with Gasteiger partial charge in [0.15, 0.2) is 0 Å². The van der Waals surface area contributed by atoms with E-state index in [1.54, 1.807) is 18.2 Å². The van der Waals surface area contributed by atoms with Crippen LogP contribution >= 0.6 is 0 Å². The average Bonchev–Trinajstić information content (AvgIpc) is 2.41. The van der Waals surface area contributed by atoms with Crippen LogP contribution in [0.1, 0.15) is 22.3 Å². The number of amides is 1. The number of carbonyl (C=O) groups is 1. The van der Waals surface area contributed by atoms with Gasteiger partial charge in [-0.1, -0.05) is 6.07 Å². The molecule has 114 valence electrons. The molecule has 0 fully saturated rings. The van der Waals surface area contributed by atoms with E-state index in [1.165, 1.54) is 13.1 Å². The molecular weight excluding hydrogens is 283 g/mol. The third-order valence-electron chi connectivity index (χ3n) is 2.71. The molecule has 0 heterocycles. The molecule has 1 aromatic rings. The number of carbonyl (C=O) groups excluding carboxylic acids is 1. The molecule has 0 aromatic heterocycles. The van der Waals surface area contributed by atoms with Gasteiger partial charge < -0.3 is 5.32 Å². The molecule has 21 heavy (non-hydrogen) atoms. The number of nitrogens with zero attached hydrogens (tertiary/aromatic N) is 2. The van der Waals surface area contributed by atoms with Gasteiger partial charge in [0.25, 0.3) is 5.91 Å². The van der Waals surface area contributed by atoms with E-state index in [-0.39, 0.29) is 19.0 Å². The van der Waals surface area contributed by atoms with Crippen LogP contribution in [0.4, 0.5) is 13.2 Å². The van der Waals surface area contributed by atoms with E-state index in [2.05, 4.69) is 5.32 Å². The van der Waals surface area contributed by atoms with Gasteiger partial charge in [-0.3, -0.25) is 9.69 Å². The predicted molar refractivity (Wildman–Crippen MR) is 71.7 cm³/mol. The van der Waals surface area contributed by atoms with Crippen molar-refractivity contribution in [2.45, 2.75) is 12.6 Å². The maximum Gasteiger partial charge on any atom is 0.401 e. The van der Waals surface area contributed by atoms with Crippen molar-refractivity contribution < 1.29 is 18.0 Å². The zero-order chi connectivity index (χ0) is 15.9. The van der Waals surface area contributed by atoms with Crippen LogP contribution in [0.5, 0.6) is 0 Å². The van der Waals surface area contributed by atoms with Gasteiger partial charge in [-0.15, -0.1) is 0 Å². The van der Waals surface area contributed by atoms with Crippen molar-refractivity contribution in [2.75, 3.05) is 26.7 Å². The fourth-order valence-electron chi connectivity index (χ4n) is 1.77. The Morgan fingerprint density at radius 2 is 2.14 bits per heavy atom. The fourth-order valence-corrected chi connectivity index (χ4v) is 1.77. The molecule has 1 N–H and O–H groups in total. The summed E-state index contributed by atoms with van der Waals surface area (Å²) in [7, 11) is 1.38. The Morgan fingerprint density at radius 3 is 2.76 bits per heavy atom. The molecule has 7 heteroatoms. The van der Waals surface area contributed by atoms with Crippen molar-refractivity contribution in [2.24, 2.45) is 0 Å². The van der Waals surface area contributed by atoms with Crippen LogP contribution < -0.4 is 5.32 Å². The predicted octanol–water partition coefficient (Wildman–Crippen LogP) is 2.17. The SMILES string of the molecule is CN(CCCNC(=O)c1cccc(C#N)c1)CC(F)(F)F. The third kappa shape index (κ3) is 6.77. The monoisotopic (exact) mass is 299 g/mol. The summed E-state index contributed by atoms with van der Waals surface area (Å²) >= 11 is 0. The first-order valence-corrected chi connectivity index (χ1v) is 6.35. The first-order valence-electron chi connectivity index (χ1n) is 6.35. The molecule has 0 bridgehead atoms. The maximum atomic E-state index is 12.1. The second-order valence-corrected chi connectivity index (χ2v) is 4.66. The lowest BCUT2D eigenvalue weighted by Gasteiger charge is -2.18. The van der Waals surface area contributed by atoms with Crippen LogP contribution in [0.2, 0.25) is 0 Å². The van der Waals surface area contributed by atoms with Gasteiger partial charge in [-0.25, -0.2) is 0 Å². The highest BCUT2D eigenvalue weighted by molar-refractivity contribution is 5.94. The lowest BCUT2D eigenvalue weighted by atomic mass is 10.1. The van der Waals surface area contributed by atoms with Gasteiger partial charge in [-0.05, 0) is 38.2 Å². The number of halogens is 3. The lowest BCUT2D eigenvalue weighted by Crippen LogP contribution is -2.33. The number of benzene rings is 1. The highest BCUT2D eigenvalue weighted by Crippen LogP contribution is 2.15. The largest absolute Gasteiger partial charge is 0.401 e. The number of nitriles is 1. The lowest BCUT2D eigenvalue weighted by molar-refractivity contribution is -0.143. The molecule has 0 aliphatic carbocycles. The molecule has 0 spiro atoms. The van der Waals surface area contributed by atoms with E-state index in [0.29, 0.717) is 17.5 Å². The quantitative estimate of drug-likeness (QED) is 0.819. The van der Waals surface area contributed by atoms with Crippen molar-refractivity contribution in [3.05, 3.63) is 35.4 Å². The van der Waals surface area contributed by atoms with Gasteiger partial charge in [0.2, 0.25) is 0 Å². The zero-order valence-corrected chi connectivity index (χ0v) is 11.6. The molecule has 1 aromatic carbocycles. The van der Waals surface area contributed by atoms with E-state index in [0.717, 1.165) is 4.90 Å². The zero-order valence-electron chi connectivity index (χ0n) is 11.6. The number of hydrogen-bond acceptors (Lipinski definition) is 3. The molecular formula is C14H16F3N3O. The van der Waals surface area contributed by atoms with E-state index in [4.69, 9.17) is 5.26 Å². The highest BCUT2D eigenvalue weighted by atomic mass is 19.4. The standard InChI is InChI=1S/C14H16F3N3O/c1-20(10-14(15,16)17)7-3-6-19-13(21)12-5-2-4-11(8-12)9-18/h2,4-5,8H,3,6-7,10H2,1H3,(H,19,21). The Hall–Kier alpha value is -2.07. The van der Waals surface area contributed by atoms with Crippen molar-refractivity contribution in [1.29, 1.82) is 5.26 Å². The van der Waals surface area contributed by atoms with E-state index >= 15 is 0 Å². The summed E-state index contributed by atoms with van der Waals surface area (Å²) in [6.07, 6.45) is -3.80. The molecule has 1 amide bonds. The van der Waals surface area contributed by atoms with Crippen molar-refractivity contribution in [3.63, 3.8) is 0 Å². The minimum Gasteiger partial charge on any atom is -0.352 e. The number of rotatable bonds is 6. The second kappa shape index (κ2) is 7.64. The van der Waals surface area contributed by atoms with Gasteiger partial charge in [0.05, 0.1) is 18.2 Å². The van der Waals surface area contributed by atoms with Crippen LogP contribution in [0.15, 0.2) is 24.3 Å². The summed E-state index contributed by atoms with van der Waals surface area (Å²) in [5.41, 5.74) is 0.741. The number of alkyl halides is 3. The van der Waals surface area contributed by atoms with Crippen LogP contribution in [0, 0.1) is 11.3 Å². The summed E-state index contributed by atoms with van der Waals surface area (Å²) in [5.74, 6) is -0.342. The summed E-state index contributed by atoms with van der Waals surface area (Å²) < 4.78 is 36.3. The number of nitrogens with one attached hydrogen (secondary N) is 1. The molecule has 4 nitrogen and oxygen atoms in total. The van der Waals surface area contributed by atoms with Crippen LogP contribution in [0.25, 0.3) is 0 Å². The van der Waals surface area contributed by atoms with Crippen LogP contribution in [-0.2, 0) is 0 Å². The fraction of sp³-hybridized carbons (Fsp3) is 0.429. The van der Waals surface area contributed by atoms with Crippen LogP contribution in [0.3, 0.4) is 0 Å². The van der Waals surface area contributed by atoms with E-state index < -0.39 is 12.7 Å². The Labute approximate surface area is 121 Å². The van der Waals surface area contributed by atoms with Gasteiger partial charge in [0, 0.05) is 12.1 Å². The highest BCUT2D eigenvalue weighted by Gasteiger charge is 2.28. The van der Waals surface area contributed by atoms with Gasteiger partial charge in [-0.2, -0.15) is 18.4 Å². The molecule has 0 atom stereocenters. The molecule has 0 saturated heterocycles. The summed E-state index contributed by atoms with van der Waals surface area (Å²) in [5, 5.41) is 11.3. The molecule has 0 saturated carbocycles. The van der Waals surface area contributed by atoms with Gasteiger partial charge >= 0.3 is 6.18 Å². The smallest absolute Gasteiger partial charge is 0.352 e. The Kier molecular flexibility index (Phi) is 6.18. The van der Waals surface area contributed by atoms with Crippen molar-refractivity contribution >= 4 is 5.91 Å². The van der Waals surface area contributed by atoms with Crippen molar-refractivity contribution in [1.82, 2.24) is 10.2 Å². The second-order valence-electron chi connectivity index (χ2n) is 4.66. The molecule has 0 aliphatic rings. The summed E-state index contributed by atoms with van der Waals surface area (Å²) in [4.78, 5) is 12.9. The average molecular weight is 299 g/mol. The Bertz CT molecular complexity index is 523. The molecule has 0 unspecified atom stereocenters. The van der Waals surface area contributed by atoms with E-state index in [1.807, 2.05) is 6.07 Å².